The molecule has 3 aromatic rings. The van der Waals surface area contributed by atoms with Crippen LogP contribution in [0.3, 0.4) is 0 Å². The zero-order valence-electron chi connectivity index (χ0n) is 19.4. The van der Waals surface area contributed by atoms with Crippen LogP contribution in [0, 0.1) is 0 Å². The molecular formula is C25H27ClN4O3S. The number of benzene rings is 2. The Bertz CT molecular complexity index is 1190. The summed E-state index contributed by atoms with van der Waals surface area (Å²) >= 11 is 7.59. The van der Waals surface area contributed by atoms with Gasteiger partial charge in [0.1, 0.15) is 18.4 Å². The van der Waals surface area contributed by atoms with E-state index in [4.69, 9.17) is 26.2 Å². The van der Waals surface area contributed by atoms with Gasteiger partial charge in [-0.1, -0.05) is 60.6 Å². The van der Waals surface area contributed by atoms with Crippen molar-refractivity contribution < 1.29 is 14.3 Å². The number of halogens is 1. The standard InChI is InChI=1S/C25H27ClN4O3S/c1-4-14-34-25-28-24-27-16(3)21(23(31)32-5-2)22(30(24)29-25)19-8-6-7-9-20(19)33-15-17-10-12-18(26)13-11-17/h6-13,22H,4-5,14-15H2,1-3H3,(H,27,28,29). The van der Waals surface area contributed by atoms with E-state index < -0.39 is 12.0 Å². The Hall–Kier alpha value is -2.97. The van der Waals surface area contributed by atoms with Crippen molar-refractivity contribution in [3.05, 3.63) is 76.0 Å². The van der Waals surface area contributed by atoms with Crippen LogP contribution in [-0.4, -0.2) is 33.1 Å². The normalized spacial score (nSPS) is 15.0. The SMILES string of the molecule is CCCSc1nc2n(n1)C(c1ccccc1OCc1ccc(Cl)cc1)C(C(=O)OCC)=C(C)N2. The lowest BCUT2D eigenvalue weighted by Gasteiger charge is -2.29. The number of aromatic nitrogens is 3. The second-order valence-corrected chi connectivity index (χ2v) is 9.25. The highest BCUT2D eigenvalue weighted by Gasteiger charge is 2.36. The molecule has 178 valence electrons. The maximum absolute atomic E-state index is 13.1. The molecule has 34 heavy (non-hydrogen) atoms. The zero-order valence-corrected chi connectivity index (χ0v) is 20.9. The van der Waals surface area contributed by atoms with E-state index >= 15 is 0 Å². The number of fused-ring (bicyclic) bond motifs is 1. The molecule has 1 N–H and O–H groups in total. The number of anilines is 1. The molecule has 7 nitrogen and oxygen atoms in total. The van der Waals surface area contributed by atoms with Crippen LogP contribution in [0.1, 0.15) is 44.4 Å². The Kier molecular flexibility index (Phi) is 7.80. The number of para-hydroxylation sites is 1. The maximum Gasteiger partial charge on any atom is 0.338 e. The van der Waals surface area contributed by atoms with Crippen LogP contribution in [0.5, 0.6) is 5.75 Å². The van der Waals surface area contributed by atoms with Crippen LogP contribution in [0.2, 0.25) is 5.02 Å². The Morgan fingerprint density at radius 2 is 1.94 bits per heavy atom. The molecule has 1 aliphatic rings. The van der Waals surface area contributed by atoms with E-state index in [1.165, 1.54) is 0 Å². The molecule has 4 rings (SSSR count). The Balaban J connectivity index is 1.74. The second kappa shape index (κ2) is 11.0. The maximum atomic E-state index is 13.1. The summed E-state index contributed by atoms with van der Waals surface area (Å²) in [5.74, 6) is 1.75. The lowest BCUT2D eigenvalue weighted by atomic mass is 9.95. The van der Waals surface area contributed by atoms with Crippen molar-refractivity contribution in [2.45, 2.75) is 45.0 Å². The van der Waals surface area contributed by atoms with Gasteiger partial charge >= 0.3 is 5.97 Å². The number of hydrogen-bond acceptors (Lipinski definition) is 7. The van der Waals surface area contributed by atoms with Crippen LogP contribution in [0.4, 0.5) is 5.95 Å². The third kappa shape index (κ3) is 5.23. The fraction of sp³-hybridized carbons (Fsp3) is 0.320. The smallest absolute Gasteiger partial charge is 0.338 e. The van der Waals surface area contributed by atoms with Gasteiger partial charge in [0.15, 0.2) is 0 Å². The largest absolute Gasteiger partial charge is 0.489 e. The van der Waals surface area contributed by atoms with E-state index in [0.29, 0.717) is 39.8 Å². The summed E-state index contributed by atoms with van der Waals surface area (Å²) in [7, 11) is 0. The zero-order chi connectivity index (χ0) is 24.1. The summed E-state index contributed by atoms with van der Waals surface area (Å²) in [5.41, 5.74) is 2.96. The van der Waals surface area contributed by atoms with Crippen LogP contribution < -0.4 is 10.1 Å². The van der Waals surface area contributed by atoms with Crippen LogP contribution in [0.25, 0.3) is 0 Å². The highest BCUT2D eigenvalue weighted by atomic mass is 35.5. The van der Waals surface area contributed by atoms with Gasteiger partial charge in [-0.2, -0.15) is 4.98 Å². The van der Waals surface area contributed by atoms with Gasteiger partial charge in [-0.15, -0.1) is 5.10 Å². The van der Waals surface area contributed by atoms with E-state index in [1.54, 1.807) is 23.4 Å². The molecular weight excluding hydrogens is 472 g/mol. The van der Waals surface area contributed by atoms with Crippen molar-refractivity contribution in [1.29, 1.82) is 0 Å². The molecule has 2 heterocycles. The van der Waals surface area contributed by atoms with Gasteiger partial charge in [-0.3, -0.25) is 0 Å². The molecule has 0 bridgehead atoms. The summed E-state index contributed by atoms with van der Waals surface area (Å²) < 4.78 is 13.4. The minimum atomic E-state index is -0.541. The van der Waals surface area contributed by atoms with Crippen molar-refractivity contribution in [1.82, 2.24) is 14.8 Å². The number of allylic oxidation sites excluding steroid dienone is 1. The second-order valence-electron chi connectivity index (χ2n) is 7.75. The number of rotatable bonds is 9. The van der Waals surface area contributed by atoms with E-state index in [2.05, 4.69) is 17.2 Å². The molecule has 0 fully saturated rings. The monoisotopic (exact) mass is 498 g/mol. The third-order valence-corrected chi connectivity index (χ3v) is 6.58. The Morgan fingerprint density at radius 1 is 1.18 bits per heavy atom. The number of carbonyl (C=O) groups excluding carboxylic acids is 1. The highest BCUT2D eigenvalue weighted by molar-refractivity contribution is 7.99. The molecule has 0 spiro atoms. The third-order valence-electron chi connectivity index (χ3n) is 5.28. The first-order chi connectivity index (χ1) is 16.5. The summed E-state index contributed by atoms with van der Waals surface area (Å²) in [5, 5.41) is 9.30. The molecule has 0 radical (unpaired) electrons. The first-order valence-corrected chi connectivity index (χ1v) is 12.6. The summed E-state index contributed by atoms with van der Waals surface area (Å²) in [6.07, 6.45) is 1.01. The van der Waals surface area contributed by atoms with E-state index in [-0.39, 0.29) is 6.61 Å². The lowest BCUT2D eigenvalue weighted by Crippen LogP contribution is -2.30. The lowest BCUT2D eigenvalue weighted by molar-refractivity contribution is -0.139. The molecule has 9 heteroatoms. The predicted molar refractivity (Wildman–Crippen MR) is 134 cm³/mol. The van der Waals surface area contributed by atoms with E-state index in [9.17, 15) is 4.79 Å². The van der Waals surface area contributed by atoms with Crippen molar-refractivity contribution in [2.75, 3.05) is 17.7 Å². The molecule has 1 aromatic heterocycles. The van der Waals surface area contributed by atoms with E-state index in [1.807, 2.05) is 55.5 Å². The molecule has 0 saturated heterocycles. The summed E-state index contributed by atoms with van der Waals surface area (Å²) in [4.78, 5) is 17.7. The number of nitrogens with zero attached hydrogens (tertiary/aromatic N) is 3. The Morgan fingerprint density at radius 3 is 2.68 bits per heavy atom. The summed E-state index contributed by atoms with van der Waals surface area (Å²) in [6, 6.07) is 14.7. The molecule has 0 aliphatic carbocycles. The molecule has 1 unspecified atom stereocenters. The van der Waals surface area contributed by atoms with Crippen LogP contribution in [0.15, 0.2) is 65.0 Å². The molecule has 0 amide bonds. The van der Waals surface area contributed by atoms with E-state index in [0.717, 1.165) is 23.3 Å². The molecule has 2 aromatic carbocycles. The van der Waals surface area contributed by atoms with Gasteiger partial charge in [-0.05, 0) is 44.0 Å². The van der Waals surface area contributed by atoms with Crippen molar-refractivity contribution in [3.8, 4) is 5.75 Å². The number of carbonyl (C=O) groups is 1. The van der Waals surface area contributed by atoms with Gasteiger partial charge in [0.2, 0.25) is 11.1 Å². The number of esters is 1. The fourth-order valence-electron chi connectivity index (χ4n) is 3.73. The number of nitrogens with one attached hydrogen (secondary N) is 1. The highest BCUT2D eigenvalue weighted by Crippen LogP contribution is 2.40. The molecule has 1 atom stereocenters. The molecule has 1 aliphatic heterocycles. The average Bonchev–Trinajstić information content (AvgIpc) is 3.24. The van der Waals surface area contributed by atoms with Crippen LogP contribution in [-0.2, 0) is 16.1 Å². The quantitative estimate of drug-likeness (QED) is 0.292. The van der Waals surface area contributed by atoms with Crippen molar-refractivity contribution in [2.24, 2.45) is 0 Å². The predicted octanol–water partition coefficient (Wildman–Crippen LogP) is 5.86. The minimum absolute atomic E-state index is 0.277. The fourth-order valence-corrected chi connectivity index (χ4v) is 4.54. The van der Waals surface area contributed by atoms with Gasteiger partial charge in [0, 0.05) is 22.0 Å². The van der Waals surface area contributed by atoms with Gasteiger partial charge in [0.05, 0.1) is 12.2 Å². The average molecular weight is 499 g/mol. The topological polar surface area (TPSA) is 78.3 Å². The first kappa shape index (κ1) is 24.2. The molecule has 0 saturated carbocycles. The number of hydrogen-bond donors (Lipinski definition) is 1. The van der Waals surface area contributed by atoms with Crippen LogP contribution >= 0.6 is 23.4 Å². The van der Waals surface area contributed by atoms with Gasteiger partial charge < -0.3 is 14.8 Å². The van der Waals surface area contributed by atoms with Gasteiger partial charge in [0.25, 0.3) is 0 Å². The number of thioether (sulfide) groups is 1. The van der Waals surface area contributed by atoms with Crippen molar-refractivity contribution in [3.63, 3.8) is 0 Å². The minimum Gasteiger partial charge on any atom is -0.489 e. The Labute approximate surface area is 208 Å². The number of ether oxygens (including phenoxy) is 2. The van der Waals surface area contributed by atoms with Crippen molar-refractivity contribution >= 4 is 35.3 Å². The van der Waals surface area contributed by atoms with Gasteiger partial charge in [-0.25, -0.2) is 9.48 Å². The first-order valence-electron chi connectivity index (χ1n) is 11.2. The summed E-state index contributed by atoms with van der Waals surface area (Å²) in [6.45, 7) is 6.40.